The third kappa shape index (κ3) is 5.68. The highest BCUT2D eigenvalue weighted by Crippen LogP contribution is 2.28. The van der Waals surface area contributed by atoms with Crippen molar-refractivity contribution in [2.75, 3.05) is 23.7 Å². The Hall–Kier alpha value is -2.42. The molecule has 0 spiro atoms. The Morgan fingerprint density at radius 2 is 1.66 bits per heavy atom. The van der Waals surface area contributed by atoms with Gasteiger partial charge in [0, 0.05) is 31.6 Å². The maximum absolute atomic E-state index is 13.0. The van der Waals surface area contributed by atoms with Crippen molar-refractivity contribution in [3.8, 4) is 0 Å². The number of carbonyl (C=O) groups excluding carboxylic acids is 2. The Morgan fingerprint density at radius 1 is 1.03 bits per heavy atom. The standard InChI is InChI=1S/C23H28ClN3O4S/c1-15(2)17-4-7-20(8-5-17)32(30,31)27-12-10-18(11-13-27)23(29)26-19-6-9-22(21(24)14-19)25-16(3)28/h4-9,14-15,18H,10-13H2,1-3H3,(H,25,28)(H,26,29). The summed E-state index contributed by atoms with van der Waals surface area (Å²) in [4.78, 5) is 24.1. The predicted molar refractivity (Wildman–Crippen MR) is 126 cm³/mol. The summed E-state index contributed by atoms with van der Waals surface area (Å²) in [6.07, 6.45) is 0.875. The number of hydrogen-bond acceptors (Lipinski definition) is 4. The van der Waals surface area contributed by atoms with Crippen molar-refractivity contribution in [1.29, 1.82) is 0 Å². The molecule has 2 aromatic carbocycles. The molecule has 0 bridgehead atoms. The van der Waals surface area contributed by atoms with Crippen LogP contribution in [0, 0.1) is 5.92 Å². The number of carbonyl (C=O) groups is 2. The molecule has 0 aliphatic carbocycles. The minimum Gasteiger partial charge on any atom is -0.326 e. The largest absolute Gasteiger partial charge is 0.326 e. The highest BCUT2D eigenvalue weighted by Gasteiger charge is 2.32. The summed E-state index contributed by atoms with van der Waals surface area (Å²) in [5.41, 5.74) is 2.08. The van der Waals surface area contributed by atoms with Crippen molar-refractivity contribution >= 4 is 44.8 Å². The topological polar surface area (TPSA) is 95.6 Å². The van der Waals surface area contributed by atoms with Crippen LogP contribution in [-0.2, 0) is 19.6 Å². The number of halogens is 1. The van der Waals surface area contributed by atoms with Crippen LogP contribution in [0.2, 0.25) is 5.02 Å². The lowest BCUT2D eigenvalue weighted by Crippen LogP contribution is -2.41. The number of nitrogens with one attached hydrogen (secondary N) is 2. The van der Waals surface area contributed by atoms with Crippen LogP contribution in [0.15, 0.2) is 47.4 Å². The van der Waals surface area contributed by atoms with E-state index in [9.17, 15) is 18.0 Å². The number of nitrogens with zero attached hydrogens (tertiary/aromatic N) is 1. The summed E-state index contributed by atoms with van der Waals surface area (Å²) in [6.45, 7) is 6.08. The van der Waals surface area contributed by atoms with Crippen molar-refractivity contribution in [3.05, 3.63) is 53.1 Å². The molecule has 0 unspecified atom stereocenters. The Bertz CT molecular complexity index is 1090. The summed E-state index contributed by atoms with van der Waals surface area (Å²) < 4.78 is 27.4. The zero-order valence-corrected chi connectivity index (χ0v) is 20.0. The van der Waals surface area contributed by atoms with Gasteiger partial charge in [-0.3, -0.25) is 9.59 Å². The van der Waals surface area contributed by atoms with Gasteiger partial charge in [0.15, 0.2) is 0 Å². The van der Waals surface area contributed by atoms with Gasteiger partial charge in [-0.25, -0.2) is 8.42 Å². The number of benzene rings is 2. The lowest BCUT2D eigenvalue weighted by Gasteiger charge is -2.30. The smallest absolute Gasteiger partial charge is 0.243 e. The minimum absolute atomic E-state index is 0.174. The summed E-state index contributed by atoms with van der Waals surface area (Å²) in [7, 11) is -3.58. The fourth-order valence-electron chi connectivity index (χ4n) is 3.66. The van der Waals surface area contributed by atoms with Crippen LogP contribution in [0.5, 0.6) is 0 Å². The van der Waals surface area contributed by atoms with Gasteiger partial charge in [-0.2, -0.15) is 4.31 Å². The summed E-state index contributed by atoms with van der Waals surface area (Å²) in [6, 6.07) is 11.9. The second kappa shape index (κ2) is 10.0. The van der Waals surface area contributed by atoms with Crippen LogP contribution in [-0.4, -0.2) is 37.6 Å². The summed E-state index contributed by atoms with van der Waals surface area (Å²) in [5.74, 6) is -0.371. The molecule has 1 heterocycles. The van der Waals surface area contributed by atoms with Gasteiger partial charge in [-0.05, 0) is 54.7 Å². The van der Waals surface area contributed by atoms with Crippen LogP contribution < -0.4 is 10.6 Å². The van der Waals surface area contributed by atoms with E-state index in [0.29, 0.717) is 35.2 Å². The molecule has 9 heteroatoms. The number of hydrogen-bond donors (Lipinski definition) is 2. The van der Waals surface area contributed by atoms with Gasteiger partial charge in [-0.15, -0.1) is 0 Å². The van der Waals surface area contributed by atoms with E-state index < -0.39 is 10.0 Å². The predicted octanol–water partition coefficient (Wildman–Crippen LogP) is 4.46. The van der Waals surface area contributed by atoms with E-state index in [-0.39, 0.29) is 35.7 Å². The SMILES string of the molecule is CC(=O)Nc1ccc(NC(=O)C2CCN(S(=O)(=O)c3ccc(C(C)C)cc3)CC2)cc1Cl. The molecule has 172 valence electrons. The quantitative estimate of drug-likeness (QED) is 0.642. The highest BCUT2D eigenvalue weighted by molar-refractivity contribution is 7.89. The molecule has 32 heavy (non-hydrogen) atoms. The molecule has 1 aliphatic heterocycles. The van der Waals surface area contributed by atoms with Gasteiger partial charge >= 0.3 is 0 Å². The fraction of sp³-hybridized carbons (Fsp3) is 0.391. The molecule has 7 nitrogen and oxygen atoms in total. The number of rotatable bonds is 6. The van der Waals surface area contributed by atoms with Gasteiger partial charge in [0.25, 0.3) is 0 Å². The number of anilines is 2. The average molecular weight is 478 g/mol. The average Bonchev–Trinajstić information content (AvgIpc) is 2.75. The Morgan fingerprint density at radius 3 is 2.19 bits per heavy atom. The minimum atomic E-state index is -3.58. The first kappa shape index (κ1) is 24.2. The van der Waals surface area contributed by atoms with Crippen LogP contribution in [0.3, 0.4) is 0 Å². The van der Waals surface area contributed by atoms with Crippen molar-refractivity contribution in [2.45, 2.75) is 44.4 Å². The van der Waals surface area contributed by atoms with E-state index in [4.69, 9.17) is 11.6 Å². The summed E-state index contributed by atoms with van der Waals surface area (Å²) in [5, 5.41) is 5.76. The van der Waals surface area contributed by atoms with Crippen molar-refractivity contribution in [1.82, 2.24) is 4.31 Å². The zero-order chi connectivity index (χ0) is 23.5. The Labute approximate surface area is 194 Å². The normalized spacial score (nSPS) is 15.5. The molecule has 0 radical (unpaired) electrons. The molecule has 0 atom stereocenters. The number of sulfonamides is 1. The molecule has 1 saturated heterocycles. The van der Waals surface area contributed by atoms with Crippen molar-refractivity contribution in [2.24, 2.45) is 5.92 Å². The monoisotopic (exact) mass is 477 g/mol. The van der Waals surface area contributed by atoms with Gasteiger partial charge < -0.3 is 10.6 Å². The lowest BCUT2D eigenvalue weighted by atomic mass is 9.97. The fourth-order valence-corrected chi connectivity index (χ4v) is 5.36. The maximum Gasteiger partial charge on any atom is 0.243 e. The first-order valence-corrected chi connectivity index (χ1v) is 12.4. The molecule has 2 aromatic rings. The number of amides is 2. The molecule has 2 amide bonds. The van der Waals surface area contributed by atoms with Crippen LogP contribution in [0.25, 0.3) is 0 Å². The molecule has 0 aromatic heterocycles. The molecule has 3 rings (SSSR count). The van der Waals surface area contributed by atoms with Crippen LogP contribution in [0.1, 0.15) is 45.1 Å². The third-order valence-corrected chi connectivity index (χ3v) is 7.78. The molecular formula is C23H28ClN3O4S. The second-order valence-corrected chi connectivity index (χ2v) is 10.6. The first-order chi connectivity index (χ1) is 15.1. The molecular weight excluding hydrogens is 450 g/mol. The number of piperidine rings is 1. The van der Waals surface area contributed by atoms with Crippen molar-refractivity contribution in [3.63, 3.8) is 0 Å². The first-order valence-electron chi connectivity index (χ1n) is 10.6. The Kier molecular flexibility index (Phi) is 7.59. The Balaban J connectivity index is 1.59. The van der Waals surface area contributed by atoms with E-state index in [1.54, 1.807) is 30.3 Å². The van der Waals surface area contributed by atoms with E-state index >= 15 is 0 Å². The maximum atomic E-state index is 13.0. The molecule has 1 fully saturated rings. The van der Waals surface area contributed by atoms with Gasteiger partial charge in [0.2, 0.25) is 21.8 Å². The molecule has 2 N–H and O–H groups in total. The lowest BCUT2D eigenvalue weighted by molar-refractivity contribution is -0.121. The third-order valence-electron chi connectivity index (χ3n) is 5.56. The second-order valence-electron chi connectivity index (χ2n) is 8.27. The van der Waals surface area contributed by atoms with Gasteiger partial charge in [0.1, 0.15) is 0 Å². The van der Waals surface area contributed by atoms with E-state index in [1.807, 2.05) is 12.1 Å². The molecule has 1 aliphatic rings. The van der Waals surface area contributed by atoms with Gasteiger partial charge in [0.05, 0.1) is 15.6 Å². The van der Waals surface area contributed by atoms with Crippen LogP contribution in [0.4, 0.5) is 11.4 Å². The van der Waals surface area contributed by atoms with E-state index in [1.165, 1.54) is 11.2 Å². The van der Waals surface area contributed by atoms with E-state index in [0.717, 1.165) is 5.56 Å². The molecule has 0 saturated carbocycles. The van der Waals surface area contributed by atoms with E-state index in [2.05, 4.69) is 24.5 Å². The van der Waals surface area contributed by atoms with Gasteiger partial charge in [-0.1, -0.05) is 37.6 Å². The summed E-state index contributed by atoms with van der Waals surface area (Å²) >= 11 is 6.16. The highest BCUT2D eigenvalue weighted by atomic mass is 35.5. The zero-order valence-electron chi connectivity index (χ0n) is 18.4. The van der Waals surface area contributed by atoms with Crippen molar-refractivity contribution < 1.29 is 18.0 Å². The van der Waals surface area contributed by atoms with Crippen LogP contribution >= 0.6 is 11.6 Å².